The molecule has 0 radical (unpaired) electrons. The quantitative estimate of drug-likeness (QED) is 0.176. The first kappa shape index (κ1) is 30.0. The van der Waals surface area contributed by atoms with Crippen molar-refractivity contribution in [2.45, 2.75) is 19.3 Å². The zero-order valence-electron chi connectivity index (χ0n) is 29.7. The van der Waals surface area contributed by atoms with Crippen LogP contribution in [0.2, 0.25) is 0 Å². The second kappa shape index (κ2) is 11.2. The van der Waals surface area contributed by atoms with E-state index in [9.17, 15) is 0 Å². The minimum absolute atomic E-state index is 0.0225. The Kier molecular flexibility index (Phi) is 6.33. The fourth-order valence-electron chi connectivity index (χ4n) is 9.29. The molecule has 2 heterocycles. The number of para-hydroxylation sites is 3. The molecule has 8 aromatic carbocycles. The lowest BCUT2D eigenvalue weighted by Crippen LogP contribution is -2.14. The van der Waals surface area contributed by atoms with Gasteiger partial charge >= 0.3 is 0 Å². The highest BCUT2D eigenvalue weighted by molar-refractivity contribution is 6.29. The molecular weight excluding hydrogens is 641 g/mol. The fourth-order valence-corrected chi connectivity index (χ4v) is 9.29. The number of rotatable bonds is 4. The molecule has 11 rings (SSSR count). The molecule has 0 saturated heterocycles. The molecule has 2 nitrogen and oxygen atoms in total. The summed E-state index contributed by atoms with van der Waals surface area (Å²) in [5, 5.41) is 5.09. The minimum Gasteiger partial charge on any atom is -0.309 e. The monoisotopic (exact) mass is 676 g/mol. The van der Waals surface area contributed by atoms with Gasteiger partial charge in [-0.05, 0) is 87.5 Å². The largest absolute Gasteiger partial charge is 0.309 e. The molecule has 0 amide bonds. The van der Waals surface area contributed by atoms with Gasteiger partial charge in [-0.2, -0.15) is 0 Å². The van der Waals surface area contributed by atoms with Gasteiger partial charge in [0.2, 0.25) is 0 Å². The summed E-state index contributed by atoms with van der Waals surface area (Å²) in [7, 11) is 0. The molecule has 2 aromatic heterocycles. The molecule has 0 saturated carbocycles. The Bertz CT molecular complexity index is 3060. The zero-order valence-corrected chi connectivity index (χ0v) is 29.7. The highest BCUT2D eigenvalue weighted by Crippen LogP contribution is 2.50. The van der Waals surface area contributed by atoms with E-state index in [0.717, 1.165) is 5.69 Å². The Morgan fingerprint density at radius 3 is 1.62 bits per heavy atom. The summed E-state index contributed by atoms with van der Waals surface area (Å²) in [5.41, 5.74) is 17.5. The van der Waals surface area contributed by atoms with Crippen molar-refractivity contribution in [3.05, 3.63) is 193 Å². The van der Waals surface area contributed by atoms with Crippen molar-refractivity contribution in [1.82, 2.24) is 9.13 Å². The van der Waals surface area contributed by atoms with Crippen molar-refractivity contribution in [2.24, 2.45) is 0 Å². The first-order chi connectivity index (χ1) is 26.1. The van der Waals surface area contributed by atoms with Crippen LogP contribution in [0.3, 0.4) is 0 Å². The molecule has 53 heavy (non-hydrogen) atoms. The Morgan fingerprint density at radius 1 is 0.358 bits per heavy atom. The van der Waals surface area contributed by atoms with Crippen molar-refractivity contribution in [3.63, 3.8) is 0 Å². The van der Waals surface area contributed by atoms with Crippen LogP contribution in [-0.2, 0) is 5.41 Å². The van der Waals surface area contributed by atoms with E-state index < -0.39 is 0 Å². The molecule has 1 aliphatic carbocycles. The second-order valence-corrected chi connectivity index (χ2v) is 14.9. The molecule has 10 aromatic rings. The number of hydrogen-bond donors (Lipinski definition) is 0. The van der Waals surface area contributed by atoms with Gasteiger partial charge in [0.1, 0.15) is 0 Å². The van der Waals surface area contributed by atoms with Crippen LogP contribution in [0.4, 0.5) is 0 Å². The Morgan fingerprint density at radius 2 is 0.887 bits per heavy atom. The highest BCUT2D eigenvalue weighted by Gasteiger charge is 2.35. The molecule has 0 unspecified atom stereocenters. The van der Waals surface area contributed by atoms with E-state index in [1.54, 1.807) is 0 Å². The molecule has 250 valence electrons. The van der Waals surface area contributed by atoms with Gasteiger partial charge in [0.25, 0.3) is 0 Å². The van der Waals surface area contributed by atoms with E-state index in [0.29, 0.717) is 0 Å². The molecule has 0 aliphatic heterocycles. The van der Waals surface area contributed by atoms with Crippen LogP contribution in [0.5, 0.6) is 0 Å². The SMILES string of the molecule is CC1(C)c2ccccc2-c2cc(-c3ccccc3-n3c4ccccc4c4c5c6ccccc6n(-c6ccc(-c7ccccc7)cc6)c5ccc43)ccc21. The molecule has 0 spiro atoms. The molecule has 0 fully saturated rings. The third kappa shape index (κ3) is 4.27. The lowest BCUT2D eigenvalue weighted by atomic mass is 9.82. The maximum absolute atomic E-state index is 2.49. The van der Waals surface area contributed by atoms with Crippen molar-refractivity contribution >= 4 is 43.6 Å². The maximum atomic E-state index is 2.49. The van der Waals surface area contributed by atoms with Gasteiger partial charge in [-0.1, -0.05) is 147 Å². The predicted octanol–water partition coefficient (Wildman–Crippen LogP) is 13.5. The van der Waals surface area contributed by atoms with Crippen LogP contribution in [0, 0.1) is 0 Å². The summed E-state index contributed by atoms with van der Waals surface area (Å²) >= 11 is 0. The lowest BCUT2D eigenvalue weighted by Gasteiger charge is -2.21. The maximum Gasteiger partial charge on any atom is 0.0549 e. The zero-order chi connectivity index (χ0) is 35.3. The number of hydrogen-bond acceptors (Lipinski definition) is 0. The summed E-state index contributed by atoms with van der Waals surface area (Å²) in [6.07, 6.45) is 0. The van der Waals surface area contributed by atoms with E-state index in [4.69, 9.17) is 0 Å². The lowest BCUT2D eigenvalue weighted by molar-refractivity contribution is 0.660. The number of aromatic nitrogens is 2. The summed E-state index contributed by atoms with van der Waals surface area (Å²) < 4.78 is 4.92. The minimum atomic E-state index is -0.0225. The van der Waals surface area contributed by atoms with E-state index in [-0.39, 0.29) is 5.41 Å². The van der Waals surface area contributed by atoms with Gasteiger partial charge in [-0.15, -0.1) is 0 Å². The average molecular weight is 677 g/mol. The summed E-state index contributed by atoms with van der Waals surface area (Å²) in [4.78, 5) is 0. The van der Waals surface area contributed by atoms with Crippen molar-refractivity contribution < 1.29 is 0 Å². The van der Waals surface area contributed by atoms with Gasteiger partial charge in [0.05, 0.1) is 27.8 Å². The van der Waals surface area contributed by atoms with E-state index in [1.165, 1.54) is 93.8 Å². The van der Waals surface area contributed by atoms with Gasteiger partial charge in [0.15, 0.2) is 0 Å². The van der Waals surface area contributed by atoms with Crippen LogP contribution in [0.15, 0.2) is 182 Å². The average Bonchev–Trinajstić information content (AvgIpc) is 3.81. The Balaban J connectivity index is 1.15. The van der Waals surface area contributed by atoms with Crippen LogP contribution in [-0.4, -0.2) is 9.13 Å². The standard InChI is InChI=1S/C51H36N2/c1-51(2)42-20-10-6-17-38(42)41-32-35(26-29-43(41)51)37-16-7-11-21-44(37)53-46-23-13-9-19-40(46)50-48(53)31-30-47-49(50)39-18-8-12-22-45(39)52(47)36-27-24-34(25-28-36)33-14-4-3-5-15-33/h3-32H,1-2H3. The normalized spacial score (nSPS) is 13.2. The fraction of sp³-hybridized carbons (Fsp3) is 0.0588. The summed E-state index contributed by atoms with van der Waals surface area (Å²) in [6, 6.07) is 67.0. The van der Waals surface area contributed by atoms with Gasteiger partial charge < -0.3 is 9.13 Å². The third-order valence-corrected chi connectivity index (χ3v) is 11.7. The molecule has 2 heteroatoms. The smallest absolute Gasteiger partial charge is 0.0549 e. The molecular formula is C51H36N2. The van der Waals surface area contributed by atoms with Crippen LogP contribution in [0.25, 0.3) is 88.4 Å². The molecule has 1 aliphatic rings. The highest BCUT2D eigenvalue weighted by atomic mass is 15.0. The van der Waals surface area contributed by atoms with Crippen molar-refractivity contribution in [2.75, 3.05) is 0 Å². The number of benzene rings is 8. The van der Waals surface area contributed by atoms with Crippen molar-refractivity contribution in [1.29, 1.82) is 0 Å². The number of fused-ring (bicyclic) bond motifs is 10. The van der Waals surface area contributed by atoms with Crippen LogP contribution >= 0.6 is 0 Å². The molecule has 0 bridgehead atoms. The van der Waals surface area contributed by atoms with E-state index in [1.807, 2.05) is 0 Å². The van der Waals surface area contributed by atoms with Gasteiger partial charge in [-0.25, -0.2) is 0 Å². The Hall–Kier alpha value is -6.64. The van der Waals surface area contributed by atoms with E-state index in [2.05, 4.69) is 205 Å². The second-order valence-electron chi connectivity index (χ2n) is 14.9. The Labute approximate surface area is 308 Å². The first-order valence-corrected chi connectivity index (χ1v) is 18.5. The van der Waals surface area contributed by atoms with Crippen molar-refractivity contribution in [3.8, 4) is 44.8 Å². The summed E-state index contributed by atoms with van der Waals surface area (Å²) in [5.74, 6) is 0. The van der Waals surface area contributed by atoms with Crippen LogP contribution in [0.1, 0.15) is 25.0 Å². The molecule has 0 N–H and O–H groups in total. The molecule has 0 atom stereocenters. The first-order valence-electron chi connectivity index (χ1n) is 18.5. The number of nitrogens with zero attached hydrogens (tertiary/aromatic N) is 2. The van der Waals surface area contributed by atoms with E-state index >= 15 is 0 Å². The summed E-state index contributed by atoms with van der Waals surface area (Å²) in [6.45, 7) is 4.70. The predicted molar refractivity (Wildman–Crippen MR) is 224 cm³/mol. The third-order valence-electron chi connectivity index (χ3n) is 11.7. The van der Waals surface area contributed by atoms with Gasteiger partial charge in [-0.3, -0.25) is 0 Å². The topological polar surface area (TPSA) is 9.86 Å². The van der Waals surface area contributed by atoms with Gasteiger partial charge in [0, 0.05) is 38.2 Å². The van der Waals surface area contributed by atoms with Crippen LogP contribution < -0.4 is 0 Å².